The molecule has 0 aliphatic carbocycles. The molecule has 2 aromatic carbocycles. The first-order valence-electron chi connectivity index (χ1n) is 9.95. The number of carbonyl (C=O) groups excluding carboxylic acids is 1. The van der Waals surface area contributed by atoms with E-state index in [9.17, 15) is 9.90 Å². The van der Waals surface area contributed by atoms with Gasteiger partial charge in [0.15, 0.2) is 0 Å². The zero-order valence-corrected chi connectivity index (χ0v) is 17.7. The van der Waals surface area contributed by atoms with Crippen LogP contribution in [-0.2, 0) is 6.54 Å². The van der Waals surface area contributed by atoms with Crippen molar-refractivity contribution >= 4 is 18.3 Å². The van der Waals surface area contributed by atoms with Gasteiger partial charge in [-0.15, -0.1) is 12.4 Å². The molecule has 3 aromatic rings. The lowest BCUT2D eigenvalue weighted by molar-refractivity contribution is 0.0927. The number of halogens is 1. The smallest absolute Gasteiger partial charge is 0.255 e. The Labute approximate surface area is 182 Å². The van der Waals surface area contributed by atoms with Crippen molar-refractivity contribution in [2.24, 2.45) is 5.92 Å². The largest absolute Gasteiger partial charge is 0.391 e. The number of hydrogen-bond acceptors (Lipinski definition) is 4. The molecule has 0 saturated carbocycles. The second kappa shape index (κ2) is 9.89. The molecular weight excluding hydrogens is 400 g/mol. The number of aliphatic hydroxyl groups excluding tert-OH is 1. The van der Waals surface area contributed by atoms with Crippen LogP contribution < -0.4 is 10.6 Å². The molecule has 0 bridgehead atoms. The van der Waals surface area contributed by atoms with E-state index in [1.165, 1.54) is 0 Å². The Morgan fingerprint density at radius 3 is 2.57 bits per heavy atom. The molecule has 2 atom stereocenters. The third-order valence-electron chi connectivity index (χ3n) is 5.35. The number of amides is 1. The number of aliphatic hydroxyl groups is 1. The van der Waals surface area contributed by atoms with Gasteiger partial charge in [-0.2, -0.15) is 5.10 Å². The predicted octanol–water partition coefficient (Wildman–Crippen LogP) is 2.64. The van der Waals surface area contributed by atoms with E-state index in [2.05, 4.69) is 10.6 Å². The van der Waals surface area contributed by atoms with Crippen LogP contribution in [0.25, 0.3) is 11.3 Å². The van der Waals surface area contributed by atoms with Crippen LogP contribution in [-0.4, -0.2) is 46.5 Å². The number of nitrogens with one attached hydrogen (secondary N) is 2. The second-order valence-corrected chi connectivity index (χ2v) is 7.64. The fraction of sp³-hybridized carbons (Fsp3) is 0.304. The number of hydrogen-bond donors (Lipinski definition) is 3. The van der Waals surface area contributed by atoms with E-state index in [0.29, 0.717) is 37.4 Å². The lowest BCUT2D eigenvalue weighted by Crippen LogP contribution is -2.34. The van der Waals surface area contributed by atoms with Crippen LogP contribution >= 0.6 is 12.4 Å². The molecule has 7 heteroatoms. The van der Waals surface area contributed by atoms with Gasteiger partial charge in [0.2, 0.25) is 0 Å². The summed E-state index contributed by atoms with van der Waals surface area (Å²) in [7, 11) is 0. The summed E-state index contributed by atoms with van der Waals surface area (Å²) in [6.45, 7) is 4.35. The molecule has 1 saturated heterocycles. The Kier molecular flexibility index (Phi) is 7.26. The minimum Gasteiger partial charge on any atom is -0.391 e. The first-order chi connectivity index (χ1) is 14.1. The first kappa shape index (κ1) is 22.0. The summed E-state index contributed by atoms with van der Waals surface area (Å²) in [5, 5.41) is 20.8. The lowest BCUT2D eigenvalue weighted by Gasteiger charge is -2.14. The molecule has 158 valence electrons. The van der Waals surface area contributed by atoms with Gasteiger partial charge in [0.25, 0.3) is 5.91 Å². The van der Waals surface area contributed by atoms with Crippen LogP contribution in [0.5, 0.6) is 0 Å². The zero-order chi connectivity index (χ0) is 20.2. The Morgan fingerprint density at radius 1 is 1.17 bits per heavy atom. The number of carbonyl (C=O) groups is 1. The summed E-state index contributed by atoms with van der Waals surface area (Å²) in [5.74, 6) is -0.139. The van der Waals surface area contributed by atoms with E-state index in [1.54, 1.807) is 6.20 Å². The first-order valence-corrected chi connectivity index (χ1v) is 9.95. The molecule has 2 unspecified atom stereocenters. The highest BCUT2D eigenvalue weighted by Crippen LogP contribution is 2.23. The summed E-state index contributed by atoms with van der Waals surface area (Å²) >= 11 is 0. The maximum absolute atomic E-state index is 13.0. The van der Waals surface area contributed by atoms with Crippen LogP contribution in [0.4, 0.5) is 0 Å². The Balaban J connectivity index is 0.00000256. The van der Waals surface area contributed by atoms with Crippen molar-refractivity contribution < 1.29 is 9.90 Å². The molecule has 1 aliphatic rings. The van der Waals surface area contributed by atoms with Gasteiger partial charge in [0.1, 0.15) is 5.69 Å². The molecule has 1 amide bonds. The third-order valence-corrected chi connectivity index (χ3v) is 5.35. The van der Waals surface area contributed by atoms with Gasteiger partial charge < -0.3 is 15.7 Å². The van der Waals surface area contributed by atoms with Crippen molar-refractivity contribution in [3.8, 4) is 11.3 Å². The fourth-order valence-electron chi connectivity index (χ4n) is 3.61. The van der Waals surface area contributed by atoms with E-state index in [4.69, 9.17) is 5.10 Å². The Morgan fingerprint density at radius 2 is 1.90 bits per heavy atom. The van der Waals surface area contributed by atoms with Crippen molar-refractivity contribution in [2.45, 2.75) is 19.6 Å². The summed E-state index contributed by atoms with van der Waals surface area (Å²) in [5.41, 5.74) is 4.41. The monoisotopic (exact) mass is 426 g/mol. The topological polar surface area (TPSA) is 79.2 Å². The number of β-amino-alcohol motifs (C(OH)–C–C–N with tert-alkyl or cyclic N) is 1. The quantitative estimate of drug-likeness (QED) is 0.566. The van der Waals surface area contributed by atoms with E-state index in [0.717, 1.165) is 16.7 Å². The van der Waals surface area contributed by atoms with Crippen molar-refractivity contribution in [3.05, 3.63) is 77.5 Å². The van der Waals surface area contributed by atoms with E-state index < -0.39 is 6.10 Å². The van der Waals surface area contributed by atoms with Gasteiger partial charge in [0.05, 0.1) is 18.2 Å². The Bertz CT molecular complexity index is 973. The molecule has 30 heavy (non-hydrogen) atoms. The number of rotatable bonds is 6. The third kappa shape index (κ3) is 5.08. The standard InChI is InChI=1S/C23H26N4O2.ClH/c1-16-7-9-18(10-8-16)22-20(23(29)25-12-19-11-24-13-21(19)28)15-27(26-22)14-17-5-3-2-4-6-17;/h2-10,15,19,21,24,28H,11-14H2,1H3,(H,25,29);1H. The van der Waals surface area contributed by atoms with Gasteiger partial charge in [-0.3, -0.25) is 9.48 Å². The molecular formula is C23H27ClN4O2. The number of aryl methyl sites for hydroxylation is 1. The van der Waals surface area contributed by atoms with Crippen molar-refractivity contribution in [1.82, 2.24) is 20.4 Å². The number of nitrogens with zero attached hydrogens (tertiary/aromatic N) is 2. The molecule has 0 radical (unpaired) electrons. The minimum atomic E-state index is -0.423. The average Bonchev–Trinajstić information content (AvgIpc) is 3.34. The summed E-state index contributed by atoms with van der Waals surface area (Å²) in [6, 6.07) is 18.1. The lowest BCUT2D eigenvalue weighted by atomic mass is 10.0. The van der Waals surface area contributed by atoms with Gasteiger partial charge in [-0.1, -0.05) is 60.2 Å². The summed E-state index contributed by atoms with van der Waals surface area (Å²) < 4.78 is 1.81. The van der Waals surface area contributed by atoms with E-state index in [1.807, 2.05) is 66.2 Å². The maximum Gasteiger partial charge on any atom is 0.255 e. The van der Waals surface area contributed by atoms with Gasteiger partial charge in [-0.05, 0) is 12.5 Å². The second-order valence-electron chi connectivity index (χ2n) is 7.64. The van der Waals surface area contributed by atoms with Gasteiger partial charge in [-0.25, -0.2) is 0 Å². The average molecular weight is 427 g/mol. The number of aromatic nitrogens is 2. The van der Waals surface area contributed by atoms with Gasteiger partial charge in [0, 0.05) is 37.3 Å². The molecule has 0 spiro atoms. The van der Waals surface area contributed by atoms with Crippen LogP contribution in [0.3, 0.4) is 0 Å². The van der Waals surface area contributed by atoms with Crippen molar-refractivity contribution in [2.75, 3.05) is 19.6 Å². The van der Waals surface area contributed by atoms with E-state index in [-0.39, 0.29) is 24.2 Å². The minimum absolute atomic E-state index is 0. The van der Waals surface area contributed by atoms with E-state index >= 15 is 0 Å². The number of benzene rings is 2. The zero-order valence-electron chi connectivity index (χ0n) is 16.9. The molecule has 1 aromatic heterocycles. The van der Waals surface area contributed by atoms with Crippen LogP contribution in [0.2, 0.25) is 0 Å². The molecule has 1 aliphatic heterocycles. The molecule has 6 nitrogen and oxygen atoms in total. The Hall–Kier alpha value is -2.67. The summed E-state index contributed by atoms with van der Waals surface area (Å²) in [6.07, 6.45) is 1.38. The van der Waals surface area contributed by atoms with Crippen LogP contribution in [0.1, 0.15) is 21.5 Å². The highest BCUT2D eigenvalue weighted by Gasteiger charge is 2.26. The highest BCUT2D eigenvalue weighted by atomic mass is 35.5. The van der Waals surface area contributed by atoms with Gasteiger partial charge >= 0.3 is 0 Å². The van der Waals surface area contributed by atoms with Crippen LogP contribution in [0, 0.1) is 12.8 Å². The van der Waals surface area contributed by atoms with Crippen LogP contribution in [0.15, 0.2) is 60.8 Å². The molecule has 1 fully saturated rings. The highest BCUT2D eigenvalue weighted by molar-refractivity contribution is 5.99. The molecule has 3 N–H and O–H groups in total. The van der Waals surface area contributed by atoms with Crippen molar-refractivity contribution in [1.29, 1.82) is 0 Å². The fourth-order valence-corrected chi connectivity index (χ4v) is 3.61. The molecule has 2 heterocycles. The molecule has 4 rings (SSSR count). The summed E-state index contributed by atoms with van der Waals surface area (Å²) in [4.78, 5) is 13.0. The maximum atomic E-state index is 13.0. The normalized spacial score (nSPS) is 18.1. The predicted molar refractivity (Wildman–Crippen MR) is 120 cm³/mol. The van der Waals surface area contributed by atoms with Crippen molar-refractivity contribution in [3.63, 3.8) is 0 Å². The SMILES string of the molecule is Cc1ccc(-c2nn(Cc3ccccc3)cc2C(=O)NCC2CNCC2O)cc1.Cl.